The molecule has 1 N–H and O–H groups in total. The highest BCUT2D eigenvalue weighted by atomic mass is 32.1. The van der Waals surface area contributed by atoms with Crippen LogP contribution in [0.25, 0.3) is 0 Å². The van der Waals surface area contributed by atoms with E-state index in [-0.39, 0.29) is 0 Å². The molecule has 2 aromatic heterocycles. The zero-order valence-corrected chi connectivity index (χ0v) is 10.5. The number of aryl methyl sites for hydroxylation is 2. The van der Waals surface area contributed by atoms with E-state index in [0.717, 1.165) is 24.5 Å². The Morgan fingerprint density at radius 3 is 2.75 bits per heavy atom. The molecule has 0 radical (unpaired) electrons. The normalized spacial score (nSPS) is 10.6. The zero-order chi connectivity index (χ0) is 11.4. The molecule has 0 unspecified atom stereocenters. The van der Waals surface area contributed by atoms with Gasteiger partial charge in [0.15, 0.2) is 0 Å². The summed E-state index contributed by atoms with van der Waals surface area (Å²) in [5.74, 6) is 0. The molecule has 0 amide bonds. The summed E-state index contributed by atoms with van der Waals surface area (Å²) in [6.45, 7) is 5.92. The second-order valence-electron chi connectivity index (χ2n) is 3.95. The average molecular weight is 232 g/mol. The van der Waals surface area contributed by atoms with Crippen LogP contribution in [0.4, 0.5) is 0 Å². The van der Waals surface area contributed by atoms with Gasteiger partial charge in [0.05, 0.1) is 5.69 Å². The van der Waals surface area contributed by atoms with Crippen molar-refractivity contribution in [3.8, 4) is 0 Å². The SMILES string of the molecule is Cc1cccc(CNCc2cscc2C)n1. The number of thiophene rings is 1. The summed E-state index contributed by atoms with van der Waals surface area (Å²) in [4.78, 5) is 4.45. The summed E-state index contributed by atoms with van der Waals surface area (Å²) in [5.41, 5.74) is 4.94. The molecule has 0 atom stereocenters. The van der Waals surface area contributed by atoms with Gasteiger partial charge in [0.25, 0.3) is 0 Å². The Kier molecular flexibility index (Phi) is 3.70. The van der Waals surface area contributed by atoms with Crippen molar-refractivity contribution in [1.82, 2.24) is 10.3 Å². The maximum absolute atomic E-state index is 4.45. The topological polar surface area (TPSA) is 24.9 Å². The van der Waals surface area contributed by atoms with E-state index in [1.165, 1.54) is 11.1 Å². The van der Waals surface area contributed by atoms with Crippen LogP contribution in [0.1, 0.15) is 22.5 Å². The summed E-state index contributed by atoms with van der Waals surface area (Å²) in [6, 6.07) is 6.13. The largest absolute Gasteiger partial charge is 0.307 e. The van der Waals surface area contributed by atoms with Gasteiger partial charge in [-0.05, 0) is 47.9 Å². The van der Waals surface area contributed by atoms with E-state index in [4.69, 9.17) is 0 Å². The van der Waals surface area contributed by atoms with Crippen LogP contribution in [0, 0.1) is 13.8 Å². The van der Waals surface area contributed by atoms with Crippen molar-refractivity contribution in [2.45, 2.75) is 26.9 Å². The van der Waals surface area contributed by atoms with Gasteiger partial charge in [-0.3, -0.25) is 4.98 Å². The molecular weight excluding hydrogens is 216 g/mol. The quantitative estimate of drug-likeness (QED) is 0.876. The molecule has 0 fully saturated rings. The molecule has 2 nitrogen and oxygen atoms in total. The van der Waals surface area contributed by atoms with Crippen LogP contribution in [0.5, 0.6) is 0 Å². The van der Waals surface area contributed by atoms with Crippen LogP contribution in [-0.2, 0) is 13.1 Å². The van der Waals surface area contributed by atoms with E-state index in [1.807, 2.05) is 13.0 Å². The Balaban J connectivity index is 1.87. The first kappa shape index (κ1) is 11.3. The van der Waals surface area contributed by atoms with Crippen molar-refractivity contribution in [2.24, 2.45) is 0 Å². The van der Waals surface area contributed by atoms with Crippen molar-refractivity contribution in [3.05, 3.63) is 51.5 Å². The lowest BCUT2D eigenvalue weighted by Crippen LogP contribution is -2.13. The number of rotatable bonds is 4. The van der Waals surface area contributed by atoms with E-state index in [1.54, 1.807) is 11.3 Å². The van der Waals surface area contributed by atoms with Gasteiger partial charge in [0.2, 0.25) is 0 Å². The van der Waals surface area contributed by atoms with Gasteiger partial charge in [-0.1, -0.05) is 6.07 Å². The third-order valence-corrected chi connectivity index (χ3v) is 3.44. The molecule has 2 heterocycles. The molecule has 0 aliphatic carbocycles. The minimum atomic E-state index is 0.830. The fourth-order valence-corrected chi connectivity index (χ4v) is 2.45. The highest BCUT2D eigenvalue weighted by Gasteiger charge is 1.99. The third-order valence-electron chi connectivity index (χ3n) is 2.53. The van der Waals surface area contributed by atoms with Gasteiger partial charge in [-0.15, -0.1) is 0 Å². The van der Waals surface area contributed by atoms with E-state index >= 15 is 0 Å². The fourth-order valence-electron chi connectivity index (χ4n) is 1.59. The summed E-state index contributed by atoms with van der Waals surface area (Å²) in [6.07, 6.45) is 0. The molecule has 16 heavy (non-hydrogen) atoms. The number of hydrogen-bond acceptors (Lipinski definition) is 3. The summed E-state index contributed by atoms with van der Waals surface area (Å²) < 4.78 is 0. The third kappa shape index (κ3) is 2.90. The average Bonchev–Trinajstić information content (AvgIpc) is 2.65. The molecule has 3 heteroatoms. The Morgan fingerprint density at radius 2 is 2.06 bits per heavy atom. The van der Waals surface area contributed by atoms with Crippen LogP contribution >= 0.6 is 11.3 Å². The molecule has 2 aromatic rings. The first-order chi connectivity index (χ1) is 7.75. The van der Waals surface area contributed by atoms with Gasteiger partial charge < -0.3 is 5.32 Å². The van der Waals surface area contributed by atoms with E-state index in [0.29, 0.717) is 0 Å². The second kappa shape index (κ2) is 5.23. The van der Waals surface area contributed by atoms with Gasteiger partial charge >= 0.3 is 0 Å². The number of pyridine rings is 1. The highest BCUT2D eigenvalue weighted by molar-refractivity contribution is 7.08. The van der Waals surface area contributed by atoms with Gasteiger partial charge in [0.1, 0.15) is 0 Å². The number of aromatic nitrogens is 1. The molecule has 0 saturated heterocycles. The first-order valence-corrected chi connectivity index (χ1v) is 6.35. The Bertz CT molecular complexity index is 462. The number of hydrogen-bond donors (Lipinski definition) is 1. The molecular formula is C13H16N2S. The molecule has 0 aliphatic heterocycles. The number of nitrogens with zero attached hydrogens (tertiary/aromatic N) is 1. The lowest BCUT2D eigenvalue weighted by Gasteiger charge is -2.04. The minimum absolute atomic E-state index is 0.830. The Morgan fingerprint density at radius 1 is 1.19 bits per heavy atom. The summed E-state index contributed by atoms with van der Waals surface area (Å²) >= 11 is 1.76. The van der Waals surface area contributed by atoms with E-state index in [9.17, 15) is 0 Å². The summed E-state index contributed by atoms with van der Waals surface area (Å²) in [7, 11) is 0. The van der Waals surface area contributed by atoms with Gasteiger partial charge in [0, 0.05) is 18.8 Å². The van der Waals surface area contributed by atoms with E-state index < -0.39 is 0 Å². The lowest BCUT2D eigenvalue weighted by atomic mass is 10.2. The molecule has 0 aromatic carbocycles. The highest BCUT2D eigenvalue weighted by Crippen LogP contribution is 2.13. The van der Waals surface area contributed by atoms with Crippen molar-refractivity contribution in [2.75, 3.05) is 0 Å². The predicted molar refractivity (Wildman–Crippen MR) is 68.6 cm³/mol. The van der Waals surface area contributed by atoms with Gasteiger partial charge in [-0.2, -0.15) is 11.3 Å². The van der Waals surface area contributed by atoms with E-state index in [2.05, 4.69) is 40.1 Å². The first-order valence-electron chi connectivity index (χ1n) is 5.40. The Labute approximate surface area is 100 Å². The molecule has 0 spiro atoms. The van der Waals surface area contributed by atoms with Crippen LogP contribution in [0.15, 0.2) is 29.0 Å². The Hall–Kier alpha value is -1.19. The summed E-state index contributed by atoms with van der Waals surface area (Å²) in [5, 5.41) is 7.80. The van der Waals surface area contributed by atoms with Gasteiger partial charge in [-0.25, -0.2) is 0 Å². The maximum atomic E-state index is 4.45. The lowest BCUT2D eigenvalue weighted by molar-refractivity contribution is 0.677. The molecule has 0 bridgehead atoms. The standard InChI is InChI=1S/C13H16N2S/c1-10-8-16-9-12(10)6-14-7-13-5-3-4-11(2)15-13/h3-5,8-9,14H,6-7H2,1-2H3. The smallest absolute Gasteiger partial charge is 0.0544 e. The number of nitrogens with one attached hydrogen (secondary N) is 1. The van der Waals surface area contributed by atoms with Crippen LogP contribution < -0.4 is 5.32 Å². The van der Waals surface area contributed by atoms with Crippen molar-refractivity contribution >= 4 is 11.3 Å². The van der Waals surface area contributed by atoms with Crippen molar-refractivity contribution < 1.29 is 0 Å². The minimum Gasteiger partial charge on any atom is -0.307 e. The molecule has 2 rings (SSSR count). The fraction of sp³-hybridized carbons (Fsp3) is 0.308. The van der Waals surface area contributed by atoms with Crippen LogP contribution in [0.2, 0.25) is 0 Å². The molecule has 0 aliphatic rings. The molecule has 0 saturated carbocycles. The predicted octanol–water partition coefficient (Wildman–Crippen LogP) is 3.05. The molecule has 84 valence electrons. The van der Waals surface area contributed by atoms with Crippen LogP contribution in [0.3, 0.4) is 0 Å². The maximum Gasteiger partial charge on any atom is 0.0544 e. The monoisotopic (exact) mass is 232 g/mol. The second-order valence-corrected chi connectivity index (χ2v) is 4.70. The van der Waals surface area contributed by atoms with Crippen LogP contribution in [-0.4, -0.2) is 4.98 Å². The van der Waals surface area contributed by atoms with Crippen molar-refractivity contribution in [1.29, 1.82) is 0 Å². The van der Waals surface area contributed by atoms with Crippen molar-refractivity contribution in [3.63, 3.8) is 0 Å². The zero-order valence-electron chi connectivity index (χ0n) is 9.66.